The van der Waals surface area contributed by atoms with Gasteiger partial charge in [-0.3, -0.25) is 4.40 Å². The number of hydrogen-bond acceptors (Lipinski definition) is 4. The molecule has 0 atom stereocenters. The molecule has 0 amide bonds. The van der Waals surface area contributed by atoms with Crippen LogP contribution >= 0.6 is 0 Å². The molecule has 0 aliphatic heterocycles. The molecule has 3 heterocycles. The van der Waals surface area contributed by atoms with Crippen LogP contribution in [-0.4, -0.2) is 25.3 Å². The summed E-state index contributed by atoms with van der Waals surface area (Å²) in [5.41, 5.74) is 5.75. The average molecular weight is 386 g/mol. The molecule has 146 valence electrons. The Morgan fingerprint density at radius 2 is 1.86 bits per heavy atom. The van der Waals surface area contributed by atoms with E-state index in [4.69, 9.17) is 4.74 Å². The summed E-state index contributed by atoms with van der Waals surface area (Å²) in [4.78, 5) is 17.5. The topological polar surface area (TPSA) is 61.4 Å². The van der Waals surface area contributed by atoms with Crippen molar-refractivity contribution in [3.63, 3.8) is 0 Å². The second kappa shape index (κ2) is 6.58. The first-order valence-corrected chi connectivity index (χ1v) is 9.84. The Bertz CT molecular complexity index is 1280. The third-order valence-corrected chi connectivity index (χ3v) is 5.60. The van der Waals surface area contributed by atoms with E-state index in [2.05, 4.69) is 23.1 Å². The summed E-state index contributed by atoms with van der Waals surface area (Å²) in [5, 5.41) is 4.37. The monoisotopic (exact) mass is 386 g/mol. The van der Waals surface area contributed by atoms with Crippen molar-refractivity contribution in [1.82, 2.24) is 19.2 Å². The van der Waals surface area contributed by atoms with Crippen molar-refractivity contribution in [2.75, 3.05) is 0 Å². The quantitative estimate of drug-likeness (QED) is 0.532. The van der Waals surface area contributed by atoms with Crippen LogP contribution in [-0.2, 0) is 0 Å². The Kier molecular flexibility index (Phi) is 4.01. The van der Waals surface area contributed by atoms with Gasteiger partial charge in [-0.1, -0.05) is 18.2 Å². The lowest BCUT2D eigenvalue weighted by molar-refractivity contribution is 0.301. The van der Waals surface area contributed by atoms with Gasteiger partial charge in [0.15, 0.2) is 5.82 Å². The zero-order chi connectivity index (χ0) is 20.1. The van der Waals surface area contributed by atoms with Gasteiger partial charge in [0, 0.05) is 17.5 Å². The van der Waals surface area contributed by atoms with E-state index in [9.17, 15) is 4.79 Å². The largest absolute Gasteiger partial charge is 0.490 e. The van der Waals surface area contributed by atoms with Crippen molar-refractivity contribution in [3.05, 3.63) is 76.1 Å². The molecule has 5 rings (SSSR count). The minimum Gasteiger partial charge on any atom is -0.490 e. The van der Waals surface area contributed by atoms with Crippen LogP contribution in [0.2, 0.25) is 0 Å². The van der Waals surface area contributed by atoms with E-state index in [-0.39, 0.29) is 5.69 Å². The van der Waals surface area contributed by atoms with Crippen molar-refractivity contribution in [1.29, 1.82) is 0 Å². The van der Waals surface area contributed by atoms with Gasteiger partial charge in [-0.25, -0.2) is 9.78 Å². The van der Waals surface area contributed by atoms with Gasteiger partial charge in [-0.15, -0.1) is 0 Å². The molecular weight excluding hydrogens is 364 g/mol. The van der Waals surface area contributed by atoms with Crippen LogP contribution in [0.5, 0.6) is 5.75 Å². The molecule has 4 aromatic rings. The number of aryl methyl sites for hydroxylation is 2. The van der Waals surface area contributed by atoms with Gasteiger partial charge in [0.2, 0.25) is 0 Å². The number of aromatic nitrogens is 4. The molecule has 1 aromatic carbocycles. The van der Waals surface area contributed by atoms with Crippen LogP contribution in [0.25, 0.3) is 22.5 Å². The average Bonchev–Trinajstić information content (AvgIpc) is 3.51. The lowest BCUT2D eigenvalue weighted by atomic mass is 9.97. The van der Waals surface area contributed by atoms with Crippen LogP contribution in [0.3, 0.4) is 0 Å². The zero-order valence-corrected chi connectivity index (χ0v) is 16.7. The van der Waals surface area contributed by atoms with Crippen LogP contribution in [0, 0.1) is 20.8 Å². The van der Waals surface area contributed by atoms with Gasteiger partial charge in [0.25, 0.3) is 0 Å². The maximum Gasteiger partial charge on any atom is 0.355 e. The third kappa shape index (κ3) is 2.83. The Morgan fingerprint density at radius 3 is 2.59 bits per heavy atom. The standard InChI is InChI=1S/C23H22N4O2/c1-14-18(7-6-8-20(14)29-17-10-11-17)22-15(2)19-13-25-27(21-9-4-5-12-24-21)23(28)26(19)16(22)3/h4-9,12-13,17H,10-11H2,1-3H3. The van der Waals surface area contributed by atoms with Gasteiger partial charge in [0.05, 0.1) is 17.8 Å². The van der Waals surface area contributed by atoms with Gasteiger partial charge >= 0.3 is 5.69 Å². The van der Waals surface area contributed by atoms with Crippen molar-refractivity contribution < 1.29 is 4.74 Å². The predicted octanol–water partition coefficient (Wildman–Crippen LogP) is 4.01. The second-order valence-electron chi connectivity index (χ2n) is 7.58. The lowest BCUT2D eigenvalue weighted by Crippen LogP contribution is -2.28. The smallest absolute Gasteiger partial charge is 0.355 e. The van der Waals surface area contributed by atoms with Crippen LogP contribution in [0.1, 0.15) is 29.7 Å². The zero-order valence-electron chi connectivity index (χ0n) is 16.7. The van der Waals surface area contributed by atoms with Crippen molar-refractivity contribution in [2.24, 2.45) is 0 Å². The molecule has 6 heteroatoms. The number of benzene rings is 1. The summed E-state index contributed by atoms with van der Waals surface area (Å²) in [5.74, 6) is 1.42. The SMILES string of the molecule is Cc1c(OC2CC2)cccc1-c1c(C)c2cnn(-c3ccccn3)c(=O)n2c1C. The number of nitrogens with zero attached hydrogens (tertiary/aromatic N) is 4. The molecule has 1 aliphatic carbocycles. The number of hydrogen-bond donors (Lipinski definition) is 0. The molecule has 3 aromatic heterocycles. The van der Waals surface area contributed by atoms with E-state index in [1.165, 1.54) is 4.68 Å². The molecule has 6 nitrogen and oxygen atoms in total. The van der Waals surface area contributed by atoms with E-state index in [1.54, 1.807) is 22.9 Å². The normalized spacial score (nSPS) is 13.8. The lowest BCUT2D eigenvalue weighted by Gasteiger charge is -2.13. The number of rotatable bonds is 4. The minimum absolute atomic E-state index is 0.226. The first-order valence-electron chi connectivity index (χ1n) is 9.84. The van der Waals surface area contributed by atoms with Crippen LogP contribution in [0.15, 0.2) is 53.6 Å². The second-order valence-corrected chi connectivity index (χ2v) is 7.58. The Labute approximate surface area is 168 Å². The molecule has 1 aliphatic rings. The number of ether oxygens (including phenoxy) is 1. The van der Waals surface area contributed by atoms with E-state index in [0.717, 1.165) is 52.1 Å². The van der Waals surface area contributed by atoms with Crippen LogP contribution in [0.4, 0.5) is 0 Å². The van der Waals surface area contributed by atoms with Crippen molar-refractivity contribution >= 4 is 5.52 Å². The van der Waals surface area contributed by atoms with E-state index in [1.807, 2.05) is 38.1 Å². The Morgan fingerprint density at radius 1 is 1.03 bits per heavy atom. The summed E-state index contributed by atoms with van der Waals surface area (Å²) in [6, 6.07) is 11.6. The molecule has 0 radical (unpaired) electrons. The Hall–Kier alpha value is -3.41. The molecule has 0 unspecified atom stereocenters. The van der Waals surface area contributed by atoms with E-state index in [0.29, 0.717) is 11.9 Å². The van der Waals surface area contributed by atoms with E-state index < -0.39 is 0 Å². The van der Waals surface area contributed by atoms with Gasteiger partial charge in [-0.05, 0) is 68.5 Å². The van der Waals surface area contributed by atoms with Crippen molar-refractivity contribution in [2.45, 2.75) is 39.7 Å². The highest BCUT2D eigenvalue weighted by atomic mass is 16.5. The molecule has 0 spiro atoms. The van der Waals surface area contributed by atoms with Gasteiger partial charge < -0.3 is 4.74 Å². The van der Waals surface area contributed by atoms with Gasteiger partial charge in [0.1, 0.15) is 5.75 Å². The maximum absolute atomic E-state index is 13.3. The molecule has 0 bridgehead atoms. The summed E-state index contributed by atoms with van der Waals surface area (Å²) >= 11 is 0. The van der Waals surface area contributed by atoms with Crippen molar-refractivity contribution in [3.8, 4) is 22.7 Å². The van der Waals surface area contributed by atoms with Crippen LogP contribution < -0.4 is 10.4 Å². The molecule has 0 saturated heterocycles. The molecule has 1 fully saturated rings. The highest BCUT2D eigenvalue weighted by Gasteiger charge is 2.25. The van der Waals surface area contributed by atoms with Gasteiger partial charge in [-0.2, -0.15) is 9.78 Å². The number of fused-ring (bicyclic) bond motifs is 1. The third-order valence-electron chi connectivity index (χ3n) is 5.60. The summed E-state index contributed by atoms with van der Waals surface area (Å²) in [6.07, 6.45) is 5.98. The molecule has 29 heavy (non-hydrogen) atoms. The minimum atomic E-state index is -0.226. The fourth-order valence-corrected chi connectivity index (χ4v) is 3.93. The Balaban J connectivity index is 1.72. The molecule has 1 saturated carbocycles. The first kappa shape index (κ1) is 17.7. The fraction of sp³-hybridized carbons (Fsp3) is 0.261. The highest BCUT2D eigenvalue weighted by Crippen LogP contribution is 2.38. The number of pyridine rings is 1. The molecule has 0 N–H and O–H groups in total. The first-order chi connectivity index (χ1) is 14.1. The molecular formula is C23H22N4O2. The predicted molar refractivity (Wildman–Crippen MR) is 112 cm³/mol. The maximum atomic E-state index is 13.3. The summed E-state index contributed by atoms with van der Waals surface area (Å²) in [6.45, 7) is 6.10. The summed E-state index contributed by atoms with van der Waals surface area (Å²) in [7, 11) is 0. The van der Waals surface area contributed by atoms with E-state index >= 15 is 0 Å². The highest BCUT2D eigenvalue weighted by molar-refractivity contribution is 5.81. The fourth-order valence-electron chi connectivity index (χ4n) is 3.93. The summed E-state index contributed by atoms with van der Waals surface area (Å²) < 4.78 is 9.14.